The molecule has 0 saturated carbocycles. The second-order valence-electron chi connectivity index (χ2n) is 5.89. The van der Waals surface area contributed by atoms with E-state index in [1.807, 2.05) is 40.8 Å². The van der Waals surface area contributed by atoms with Gasteiger partial charge >= 0.3 is 0 Å². The van der Waals surface area contributed by atoms with Gasteiger partial charge in [0.05, 0.1) is 18.4 Å². The molecular weight excluding hydrogens is 324 g/mol. The zero-order valence-electron chi connectivity index (χ0n) is 14.0. The number of ether oxygens (including phenoxy) is 1. The van der Waals surface area contributed by atoms with Crippen LogP contribution in [0.4, 0.5) is 0 Å². The van der Waals surface area contributed by atoms with Crippen molar-refractivity contribution in [2.24, 2.45) is 0 Å². The van der Waals surface area contributed by atoms with Gasteiger partial charge in [0.1, 0.15) is 18.4 Å². The number of likely N-dealkylation sites (tertiary alicyclic amines) is 1. The van der Waals surface area contributed by atoms with Gasteiger partial charge in [0.2, 0.25) is 5.91 Å². The molecule has 2 unspecified atom stereocenters. The Labute approximate surface area is 146 Å². The number of amides is 1. The van der Waals surface area contributed by atoms with Crippen LogP contribution in [0, 0.1) is 0 Å². The lowest BCUT2D eigenvalue weighted by Crippen LogP contribution is -2.44. The number of carbonyl (C=O) groups excluding carboxylic acids is 1. The fraction of sp³-hybridized carbons (Fsp3) is 0.471. The number of nitrogens with zero attached hydrogens (tertiary/aromatic N) is 4. The summed E-state index contributed by atoms with van der Waals surface area (Å²) in [6.07, 6.45) is 5.31. The van der Waals surface area contributed by atoms with Crippen LogP contribution in [-0.4, -0.2) is 51.0 Å². The monoisotopic (exact) mass is 346 g/mol. The zero-order valence-corrected chi connectivity index (χ0v) is 14.8. The first-order valence-corrected chi connectivity index (χ1v) is 8.99. The number of methoxy groups -OCH3 is 1. The van der Waals surface area contributed by atoms with Crippen molar-refractivity contribution in [3.05, 3.63) is 36.9 Å². The third-order valence-corrected chi connectivity index (χ3v) is 5.34. The molecule has 6 nitrogen and oxygen atoms in total. The standard InChI is InChI=1S/C17H22N4O2S/c1-13(24-16-7-5-15(23-2)6-8-16)17(22)20-9-3-4-14(10-20)21-12-18-11-19-21/h5-8,11-14H,3-4,9-10H2,1-2H3. The van der Waals surface area contributed by atoms with Crippen LogP contribution in [0.5, 0.6) is 5.75 Å². The quantitative estimate of drug-likeness (QED) is 0.779. The summed E-state index contributed by atoms with van der Waals surface area (Å²) in [6.45, 7) is 3.49. The predicted molar refractivity (Wildman–Crippen MR) is 93.2 cm³/mol. The van der Waals surface area contributed by atoms with Crippen LogP contribution in [0.3, 0.4) is 0 Å². The van der Waals surface area contributed by atoms with E-state index in [1.54, 1.807) is 31.5 Å². The van der Waals surface area contributed by atoms with Gasteiger partial charge in [0, 0.05) is 18.0 Å². The molecule has 0 radical (unpaired) electrons. The van der Waals surface area contributed by atoms with Gasteiger partial charge in [-0.25, -0.2) is 9.67 Å². The molecule has 1 aliphatic heterocycles. The van der Waals surface area contributed by atoms with E-state index >= 15 is 0 Å². The number of rotatable bonds is 5. The first kappa shape index (κ1) is 16.8. The predicted octanol–water partition coefficient (Wildman–Crippen LogP) is 2.63. The molecule has 24 heavy (non-hydrogen) atoms. The summed E-state index contributed by atoms with van der Waals surface area (Å²) in [6, 6.07) is 8.04. The molecule has 0 N–H and O–H groups in total. The van der Waals surface area contributed by atoms with Gasteiger partial charge in [0.25, 0.3) is 0 Å². The largest absolute Gasteiger partial charge is 0.497 e. The highest BCUT2D eigenvalue weighted by molar-refractivity contribution is 8.00. The number of piperidine rings is 1. The number of carbonyl (C=O) groups is 1. The van der Waals surface area contributed by atoms with E-state index in [9.17, 15) is 4.79 Å². The Bertz CT molecular complexity index is 660. The molecule has 1 fully saturated rings. The molecule has 1 aromatic heterocycles. The lowest BCUT2D eigenvalue weighted by atomic mass is 10.1. The molecule has 128 valence electrons. The summed E-state index contributed by atoms with van der Waals surface area (Å²) in [5, 5.41) is 4.10. The van der Waals surface area contributed by atoms with Crippen molar-refractivity contribution < 1.29 is 9.53 Å². The van der Waals surface area contributed by atoms with Crippen molar-refractivity contribution in [3.63, 3.8) is 0 Å². The Morgan fingerprint density at radius 1 is 1.38 bits per heavy atom. The molecule has 3 rings (SSSR count). The molecular formula is C17H22N4O2S. The van der Waals surface area contributed by atoms with Crippen LogP contribution >= 0.6 is 11.8 Å². The number of hydrogen-bond donors (Lipinski definition) is 0. The summed E-state index contributed by atoms with van der Waals surface area (Å²) < 4.78 is 7.03. The van der Waals surface area contributed by atoms with Crippen molar-refractivity contribution in [1.29, 1.82) is 0 Å². The first-order valence-electron chi connectivity index (χ1n) is 8.11. The molecule has 1 amide bonds. The fourth-order valence-electron chi connectivity index (χ4n) is 2.94. The van der Waals surface area contributed by atoms with Crippen molar-refractivity contribution in [2.75, 3.05) is 20.2 Å². The van der Waals surface area contributed by atoms with Gasteiger partial charge in [0.15, 0.2) is 0 Å². The van der Waals surface area contributed by atoms with Crippen LogP contribution in [0.2, 0.25) is 0 Å². The molecule has 0 bridgehead atoms. The van der Waals surface area contributed by atoms with E-state index in [-0.39, 0.29) is 17.2 Å². The molecule has 7 heteroatoms. The van der Waals surface area contributed by atoms with E-state index < -0.39 is 0 Å². The lowest BCUT2D eigenvalue weighted by Gasteiger charge is -2.34. The Kier molecular flexibility index (Phi) is 5.40. The topological polar surface area (TPSA) is 60.2 Å². The number of hydrogen-bond acceptors (Lipinski definition) is 5. The van der Waals surface area contributed by atoms with Crippen molar-refractivity contribution in [3.8, 4) is 5.75 Å². The highest BCUT2D eigenvalue weighted by Crippen LogP contribution is 2.28. The SMILES string of the molecule is COc1ccc(SC(C)C(=O)N2CCCC(n3cncn3)C2)cc1. The Balaban J connectivity index is 1.59. The summed E-state index contributed by atoms with van der Waals surface area (Å²) in [4.78, 5) is 19.8. The van der Waals surface area contributed by atoms with E-state index in [0.717, 1.165) is 30.0 Å². The second-order valence-corrected chi connectivity index (χ2v) is 7.31. The minimum atomic E-state index is -0.118. The highest BCUT2D eigenvalue weighted by Gasteiger charge is 2.28. The van der Waals surface area contributed by atoms with Crippen LogP contribution in [0.15, 0.2) is 41.8 Å². The maximum atomic E-state index is 12.8. The van der Waals surface area contributed by atoms with Crippen LogP contribution in [0.1, 0.15) is 25.8 Å². The maximum Gasteiger partial charge on any atom is 0.235 e. The molecule has 0 spiro atoms. The molecule has 1 aliphatic rings. The van der Waals surface area contributed by atoms with Gasteiger partial charge in [-0.1, -0.05) is 0 Å². The van der Waals surface area contributed by atoms with Crippen molar-refractivity contribution >= 4 is 17.7 Å². The van der Waals surface area contributed by atoms with Gasteiger partial charge in [-0.05, 0) is 44.0 Å². The van der Waals surface area contributed by atoms with E-state index in [0.29, 0.717) is 6.54 Å². The third kappa shape index (κ3) is 3.90. The van der Waals surface area contributed by atoms with Crippen LogP contribution < -0.4 is 4.74 Å². The first-order chi connectivity index (χ1) is 11.7. The smallest absolute Gasteiger partial charge is 0.235 e. The molecule has 2 atom stereocenters. The summed E-state index contributed by atoms with van der Waals surface area (Å²) >= 11 is 1.58. The maximum absolute atomic E-state index is 12.8. The summed E-state index contributed by atoms with van der Waals surface area (Å²) in [5.74, 6) is 1.01. The minimum Gasteiger partial charge on any atom is -0.497 e. The molecule has 2 aromatic rings. The number of thioether (sulfide) groups is 1. The minimum absolute atomic E-state index is 0.118. The molecule has 0 aliphatic carbocycles. The van der Waals surface area contributed by atoms with Gasteiger partial charge in [-0.15, -0.1) is 11.8 Å². The highest BCUT2D eigenvalue weighted by atomic mass is 32.2. The fourth-order valence-corrected chi connectivity index (χ4v) is 3.89. The lowest BCUT2D eigenvalue weighted by molar-refractivity contribution is -0.132. The average molecular weight is 346 g/mol. The molecule has 1 saturated heterocycles. The molecule has 2 heterocycles. The van der Waals surface area contributed by atoms with Crippen molar-refractivity contribution in [1.82, 2.24) is 19.7 Å². The number of aromatic nitrogens is 3. The van der Waals surface area contributed by atoms with E-state index in [4.69, 9.17) is 4.74 Å². The van der Waals surface area contributed by atoms with Crippen LogP contribution in [0.25, 0.3) is 0 Å². The molecule has 1 aromatic carbocycles. The Morgan fingerprint density at radius 3 is 2.83 bits per heavy atom. The Hall–Kier alpha value is -2.02. The number of benzene rings is 1. The van der Waals surface area contributed by atoms with E-state index in [2.05, 4.69) is 10.1 Å². The van der Waals surface area contributed by atoms with Crippen molar-refractivity contribution in [2.45, 2.75) is 36.0 Å². The second kappa shape index (κ2) is 7.70. The third-order valence-electron chi connectivity index (χ3n) is 4.24. The zero-order chi connectivity index (χ0) is 16.9. The van der Waals surface area contributed by atoms with E-state index in [1.165, 1.54) is 0 Å². The Morgan fingerprint density at radius 2 is 2.17 bits per heavy atom. The van der Waals surface area contributed by atoms with Gasteiger partial charge in [-0.2, -0.15) is 5.10 Å². The van der Waals surface area contributed by atoms with Crippen LogP contribution in [-0.2, 0) is 4.79 Å². The van der Waals surface area contributed by atoms with Gasteiger partial charge in [-0.3, -0.25) is 4.79 Å². The normalized spacial score (nSPS) is 19.1. The average Bonchev–Trinajstić information content (AvgIpc) is 3.16. The summed E-state index contributed by atoms with van der Waals surface area (Å²) in [5.41, 5.74) is 0. The summed E-state index contributed by atoms with van der Waals surface area (Å²) in [7, 11) is 1.65. The van der Waals surface area contributed by atoms with Gasteiger partial charge < -0.3 is 9.64 Å².